The Morgan fingerprint density at radius 1 is 0.906 bits per heavy atom. The number of anilines is 3. The van der Waals surface area contributed by atoms with Crippen LogP contribution in [-0.2, 0) is 0 Å². The van der Waals surface area contributed by atoms with E-state index in [1.165, 1.54) is 11.1 Å². The van der Waals surface area contributed by atoms with E-state index in [9.17, 15) is 0 Å². The van der Waals surface area contributed by atoms with Crippen molar-refractivity contribution in [1.82, 2.24) is 19.7 Å². The number of methoxy groups -OCH3 is 2. The molecule has 4 rings (SSSR count). The Hall–Kier alpha value is -4.07. The van der Waals surface area contributed by atoms with Crippen LogP contribution in [0.5, 0.6) is 11.5 Å². The molecule has 0 fully saturated rings. The van der Waals surface area contributed by atoms with Gasteiger partial charge < -0.3 is 20.5 Å². The predicted molar refractivity (Wildman–Crippen MR) is 126 cm³/mol. The van der Waals surface area contributed by atoms with Crippen molar-refractivity contribution < 1.29 is 9.47 Å². The summed E-state index contributed by atoms with van der Waals surface area (Å²) in [4.78, 5) is 8.66. The molecule has 0 saturated carbocycles. The second-order valence-corrected chi connectivity index (χ2v) is 7.54. The van der Waals surface area contributed by atoms with Crippen molar-refractivity contribution in [1.29, 1.82) is 0 Å². The molecule has 2 heterocycles. The van der Waals surface area contributed by atoms with Crippen LogP contribution >= 0.6 is 0 Å². The number of aromatic nitrogens is 4. The quantitative estimate of drug-likeness (QED) is 0.461. The number of hydrogen-bond donors (Lipinski definition) is 2. The number of nitrogens with two attached hydrogens (primary N) is 1. The largest absolute Gasteiger partial charge is 0.493 e. The minimum atomic E-state index is 0.172. The normalized spacial score (nSPS) is 10.8. The number of ether oxygens (including phenoxy) is 2. The summed E-state index contributed by atoms with van der Waals surface area (Å²) in [5.41, 5.74) is 11.8. The molecule has 0 atom stereocenters. The lowest BCUT2D eigenvalue weighted by Crippen LogP contribution is -2.07. The first-order valence-electron chi connectivity index (χ1n) is 10.2. The lowest BCUT2D eigenvalue weighted by molar-refractivity contribution is 0.355. The van der Waals surface area contributed by atoms with E-state index in [1.807, 2.05) is 41.9 Å². The SMILES string of the molecule is COc1ccc(-c2cnc(N)nc2Nc2cc(C)nn2-c2ccc(C)c(C)c2)cc1OC. The van der Waals surface area contributed by atoms with Crippen LogP contribution in [0.25, 0.3) is 16.8 Å². The van der Waals surface area contributed by atoms with E-state index in [0.717, 1.165) is 28.3 Å². The van der Waals surface area contributed by atoms with Gasteiger partial charge in [-0.25, -0.2) is 9.67 Å². The minimum Gasteiger partial charge on any atom is -0.493 e. The number of nitrogens with zero attached hydrogens (tertiary/aromatic N) is 4. The molecule has 2 aromatic carbocycles. The maximum atomic E-state index is 5.92. The monoisotopic (exact) mass is 430 g/mol. The summed E-state index contributed by atoms with van der Waals surface area (Å²) < 4.78 is 12.7. The Kier molecular flexibility index (Phi) is 5.68. The molecule has 32 heavy (non-hydrogen) atoms. The molecule has 2 aromatic heterocycles. The van der Waals surface area contributed by atoms with Crippen molar-refractivity contribution in [2.24, 2.45) is 0 Å². The average Bonchev–Trinajstić information content (AvgIpc) is 3.15. The first-order valence-corrected chi connectivity index (χ1v) is 10.2. The highest BCUT2D eigenvalue weighted by atomic mass is 16.5. The van der Waals surface area contributed by atoms with Crippen LogP contribution in [0.2, 0.25) is 0 Å². The molecule has 8 nitrogen and oxygen atoms in total. The molecule has 0 aliphatic heterocycles. The van der Waals surface area contributed by atoms with Crippen LogP contribution < -0.4 is 20.5 Å². The van der Waals surface area contributed by atoms with Crippen LogP contribution in [0.15, 0.2) is 48.7 Å². The molecule has 0 aliphatic rings. The van der Waals surface area contributed by atoms with Gasteiger partial charge in [0.25, 0.3) is 0 Å². The molecule has 0 saturated heterocycles. The van der Waals surface area contributed by atoms with E-state index in [-0.39, 0.29) is 5.95 Å². The van der Waals surface area contributed by atoms with E-state index in [0.29, 0.717) is 17.3 Å². The topological polar surface area (TPSA) is 100 Å². The third-order valence-electron chi connectivity index (χ3n) is 5.31. The molecule has 0 spiro atoms. The number of nitrogen functional groups attached to an aromatic ring is 1. The van der Waals surface area contributed by atoms with E-state index < -0.39 is 0 Å². The molecular formula is C24H26N6O2. The first-order chi connectivity index (χ1) is 15.4. The van der Waals surface area contributed by atoms with Gasteiger partial charge in [-0.15, -0.1) is 0 Å². The summed E-state index contributed by atoms with van der Waals surface area (Å²) in [6, 6.07) is 13.9. The number of aryl methyl sites for hydroxylation is 3. The Labute approximate surface area is 187 Å². The van der Waals surface area contributed by atoms with Gasteiger partial charge in [-0.2, -0.15) is 10.1 Å². The number of nitrogens with one attached hydrogen (secondary N) is 1. The minimum absolute atomic E-state index is 0.172. The summed E-state index contributed by atoms with van der Waals surface area (Å²) in [7, 11) is 3.21. The van der Waals surface area contributed by atoms with Gasteiger partial charge in [0.15, 0.2) is 11.5 Å². The number of rotatable bonds is 6. The molecule has 3 N–H and O–H groups in total. The highest BCUT2D eigenvalue weighted by Crippen LogP contribution is 2.36. The van der Waals surface area contributed by atoms with Crippen LogP contribution in [0.1, 0.15) is 16.8 Å². The third-order valence-corrected chi connectivity index (χ3v) is 5.31. The summed E-state index contributed by atoms with van der Waals surface area (Å²) in [6.07, 6.45) is 1.69. The van der Waals surface area contributed by atoms with Gasteiger partial charge in [-0.3, -0.25) is 0 Å². The highest BCUT2D eigenvalue weighted by Gasteiger charge is 2.15. The molecule has 0 bridgehead atoms. The zero-order chi connectivity index (χ0) is 22.8. The van der Waals surface area contributed by atoms with Crippen molar-refractivity contribution >= 4 is 17.6 Å². The molecule has 8 heteroatoms. The van der Waals surface area contributed by atoms with Crippen molar-refractivity contribution in [2.45, 2.75) is 20.8 Å². The smallest absolute Gasteiger partial charge is 0.221 e. The molecular weight excluding hydrogens is 404 g/mol. The summed E-state index contributed by atoms with van der Waals surface area (Å²) >= 11 is 0. The molecule has 0 amide bonds. The van der Waals surface area contributed by atoms with Crippen LogP contribution in [0.4, 0.5) is 17.6 Å². The van der Waals surface area contributed by atoms with Crippen LogP contribution in [0.3, 0.4) is 0 Å². The van der Waals surface area contributed by atoms with Gasteiger partial charge in [0.1, 0.15) is 11.6 Å². The summed E-state index contributed by atoms with van der Waals surface area (Å²) in [5, 5.41) is 8.06. The van der Waals surface area contributed by atoms with E-state index in [4.69, 9.17) is 15.2 Å². The van der Waals surface area contributed by atoms with Gasteiger partial charge in [-0.05, 0) is 61.7 Å². The second-order valence-electron chi connectivity index (χ2n) is 7.54. The van der Waals surface area contributed by atoms with Crippen molar-refractivity contribution in [3.8, 4) is 28.3 Å². The molecule has 0 aliphatic carbocycles. The third kappa shape index (κ3) is 4.07. The maximum Gasteiger partial charge on any atom is 0.221 e. The highest BCUT2D eigenvalue weighted by molar-refractivity contribution is 5.79. The molecule has 0 unspecified atom stereocenters. The Morgan fingerprint density at radius 2 is 1.69 bits per heavy atom. The fourth-order valence-electron chi connectivity index (χ4n) is 3.47. The number of benzene rings is 2. The average molecular weight is 431 g/mol. The van der Waals surface area contributed by atoms with E-state index in [1.54, 1.807) is 20.4 Å². The van der Waals surface area contributed by atoms with Crippen LogP contribution in [0, 0.1) is 20.8 Å². The van der Waals surface area contributed by atoms with Crippen LogP contribution in [-0.4, -0.2) is 34.0 Å². The zero-order valence-electron chi connectivity index (χ0n) is 18.8. The fourth-order valence-corrected chi connectivity index (χ4v) is 3.47. The fraction of sp³-hybridized carbons (Fsp3) is 0.208. The molecule has 164 valence electrons. The predicted octanol–water partition coefficient (Wildman–Crippen LogP) is 4.60. The Balaban J connectivity index is 1.79. The van der Waals surface area contributed by atoms with Gasteiger partial charge >= 0.3 is 0 Å². The van der Waals surface area contributed by atoms with Gasteiger partial charge in [-0.1, -0.05) is 12.1 Å². The van der Waals surface area contributed by atoms with Crippen molar-refractivity contribution in [3.05, 3.63) is 65.5 Å². The maximum absolute atomic E-state index is 5.92. The lowest BCUT2D eigenvalue weighted by atomic mass is 10.1. The number of hydrogen-bond acceptors (Lipinski definition) is 7. The van der Waals surface area contributed by atoms with E-state index in [2.05, 4.69) is 46.4 Å². The Bertz CT molecular complexity index is 1280. The molecule has 0 radical (unpaired) electrons. The summed E-state index contributed by atoms with van der Waals surface area (Å²) in [6.45, 7) is 6.13. The standard InChI is InChI=1S/C24H26N6O2/c1-14-6-8-18(10-15(14)2)30-22(11-16(3)29-30)27-23-19(13-26-24(25)28-23)17-7-9-20(31-4)21(12-17)32-5/h6-13H,1-5H3,(H3,25,26,27,28). The van der Waals surface area contributed by atoms with Gasteiger partial charge in [0, 0.05) is 17.8 Å². The molecule has 4 aromatic rings. The zero-order valence-corrected chi connectivity index (χ0v) is 18.8. The lowest BCUT2D eigenvalue weighted by Gasteiger charge is -2.15. The van der Waals surface area contributed by atoms with Gasteiger partial charge in [0.05, 0.1) is 25.6 Å². The van der Waals surface area contributed by atoms with Crippen molar-refractivity contribution in [2.75, 3.05) is 25.3 Å². The first kappa shape index (κ1) is 21.2. The van der Waals surface area contributed by atoms with Crippen molar-refractivity contribution in [3.63, 3.8) is 0 Å². The van der Waals surface area contributed by atoms with Gasteiger partial charge in [0.2, 0.25) is 5.95 Å². The summed E-state index contributed by atoms with van der Waals surface area (Å²) in [5.74, 6) is 2.76. The second kappa shape index (κ2) is 8.58. The van der Waals surface area contributed by atoms with E-state index >= 15 is 0 Å². The Morgan fingerprint density at radius 3 is 2.41 bits per heavy atom.